The minimum atomic E-state index is -1.05. The van der Waals surface area contributed by atoms with Crippen LogP contribution < -0.4 is 4.74 Å². The Labute approximate surface area is 143 Å². The Morgan fingerprint density at radius 1 is 1.46 bits per heavy atom. The molecular formula is C16H17ClN4O3. The molecule has 1 unspecified atom stereocenters. The first-order chi connectivity index (χ1) is 11.6. The molecule has 7 nitrogen and oxygen atoms in total. The number of carboxylic acids is 1. The van der Waals surface area contributed by atoms with Gasteiger partial charge in [0.25, 0.3) is 0 Å². The first-order valence-electron chi connectivity index (χ1n) is 7.92. The molecule has 0 amide bonds. The summed E-state index contributed by atoms with van der Waals surface area (Å²) in [5, 5.41) is 17.3. The van der Waals surface area contributed by atoms with E-state index in [2.05, 4.69) is 15.2 Å². The highest BCUT2D eigenvalue weighted by Gasteiger charge is 2.27. The maximum absolute atomic E-state index is 10.9. The average molecular weight is 349 g/mol. The summed E-state index contributed by atoms with van der Waals surface area (Å²) in [7, 11) is 0. The zero-order valence-corrected chi connectivity index (χ0v) is 13.7. The van der Waals surface area contributed by atoms with Gasteiger partial charge in [0.15, 0.2) is 5.69 Å². The van der Waals surface area contributed by atoms with E-state index in [1.165, 1.54) is 11.8 Å². The van der Waals surface area contributed by atoms with Gasteiger partial charge in [-0.3, -0.25) is 4.90 Å². The number of nitrogens with zero attached hydrogens (tertiary/aromatic N) is 4. The number of ether oxygens (including phenoxy) is 1. The first kappa shape index (κ1) is 15.4. The molecule has 0 saturated carbocycles. The van der Waals surface area contributed by atoms with E-state index in [0.717, 1.165) is 48.8 Å². The molecular weight excluding hydrogens is 332 g/mol. The molecule has 0 bridgehead atoms. The minimum absolute atomic E-state index is 0.0190. The molecule has 8 heteroatoms. The highest BCUT2D eigenvalue weighted by atomic mass is 35.5. The fraction of sp³-hybridized carbons (Fsp3) is 0.438. The largest absolute Gasteiger partial charge is 0.493 e. The van der Waals surface area contributed by atoms with Crippen LogP contribution in [-0.2, 0) is 13.0 Å². The van der Waals surface area contributed by atoms with Crippen LogP contribution in [0.3, 0.4) is 0 Å². The van der Waals surface area contributed by atoms with Gasteiger partial charge in [0.1, 0.15) is 5.75 Å². The van der Waals surface area contributed by atoms with Gasteiger partial charge in [0.2, 0.25) is 0 Å². The van der Waals surface area contributed by atoms with Crippen molar-refractivity contribution in [2.24, 2.45) is 0 Å². The fourth-order valence-electron chi connectivity index (χ4n) is 3.43. The molecule has 2 aliphatic heterocycles. The highest BCUT2D eigenvalue weighted by molar-refractivity contribution is 6.30. The summed E-state index contributed by atoms with van der Waals surface area (Å²) >= 11 is 6.22. The topological polar surface area (TPSA) is 80.5 Å². The van der Waals surface area contributed by atoms with E-state index in [0.29, 0.717) is 6.61 Å². The number of halogens is 1. The molecule has 0 spiro atoms. The maximum Gasteiger partial charge on any atom is 0.358 e. The van der Waals surface area contributed by atoms with Crippen molar-refractivity contribution >= 4 is 17.6 Å². The molecule has 3 heterocycles. The minimum Gasteiger partial charge on any atom is -0.493 e. The van der Waals surface area contributed by atoms with E-state index < -0.39 is 5.97 Å². The van der Waals surface area contributed by atoms with Crippen molar-refractivity contribution in [1.29, 1.82) is 0 Å². The van der Waals surface area contributed by atoms with Crippen LogP contribution in [0.2, 0.25) is 5.02 Å². The second kappa shape index (κ2) is 6.07. The Morgan fingerprint density at radius 2 is 2.33 bits per heavy atom. The summed E-state index contributed by atoms with van der Waals surface area (Å²) < 4.78 is 7.41. The van der Waals surface area contributed by atoms with E-state index in [1.54, 1.807) is 4.68 Å². The summed E-state index contributed by atoms with van der Waals surface area (Å²) in [6.45, 7) is 3.18. The van der Waals surface area contributed by atoms with Gasteiger partial charge < -0.3 is 9.84 Å². The van der Waals surface area contributed by atoms with Crippen LogP contribution in [0.4, 0.5) is 0 Å². The van der Waals surface area contributed by atoms with E-state index in [4.69, 9.17) is 21.4 Å². The summed E-state index contributed by atoms with van der Waals surface area (Å²) in [5.74, 6) is -0.0838. The number of aromatic nitrogens is 3. The number of rotatable bonds is 4. The van der Waals surface area contributed by atoms with Crippen molar-refractivity contribution in [3.05, 3.63) is 40.2 Å². The Kier molecular flexibility index (Phi) is 3.90. The first-order valence-corrected chi connectivity index (χ1v) is 8.29. The van der Waals surface area contributed by atoms with Gasteiger partial charge in [0.05, 0.1) is 18.8 Å². The van der Waals surface area contributed by atoms with Crippen molar-refractivity contribution in [3.63, 3.8) is 0 Å². The number of fused-ring (bicyclic) bond motifs is 1. The van der Waals surface area contributed by atoms with Gasteiger partial charge >= 0.3 is 5.97 Å². The summed E-state index contributed by atoms with van der Waals surface area (Å²) in [5.41, 5.74) is 2.27. The summed E-state index contributed by atoms with van der Waals surface area (Å²) in [6, 6.07) is 4.08. The third kappa shape index (κ3) is 2.85. The van der Waals surface area contributed by atoms with Crippen LogP contribution in [0.25, 0.3) is 0 Å². The highest BCUT2D eigenvalue weighted by Crippen LogP contribution is 2.34. The Hall–Kier alpha value is -2.12. The lowest BCUT2D eigenvalue weighted by molar-refractivity contribution is 0.0690. The number of hydrogen-bond acceptors (Lipinski definition) is 5. The van der Waals surface area contributed by atoms with Gasteiger partial charge in [-0.2, -0.15) is 0 Å². The molecule has 1 aromatic heterocycles. The summed E-state index contributed by atoms with van der Waals surface area (Å²) in [4.78, 5) is 13.2. The molecule has 24 heavy (non-hydrogen) atoms. The van der Waals surface area contributed by atoms with Crippen molar-refractivity contribution in [2.75, 3.05) is 19.7 Å². The molecule has 126 valence electrons. The van der Waals surface area contributed by atoms with Gasteiger partial charge in [-0.1, -0.05) is 16.8 Å². The standard InChI is InChI=1S/C16H17ClN4O3/c17-12-5-10-2-4-24-15(10)11(6-12)7-20-3-1-13(8-20)21-9-14(16(22)23)18-19-21/h5-6,9,13H,1-4,7-8H2,(H,22,23). The van der Waals surface area contributed by atoms with Crippen LogP contribution in [0.15, 0.2) is 18.3 Å². The van der Waals surface area contributed by atoms with Crippen molar-refractivity contribution < 1.29 is 14.6 Å². The number of carboxylic acid groups (broad SMARTS) is 1. The maximum atomic E-state index is 10.9. The van der Waals surface area contributed by atoms with Crippen molar-refractivity contribution in [2.45, 2.75) is 25.4 Å². The lowest BCUT2D eigenvalue weighted by atomic mass is 10.1. The van der Waals surface area contributed by atoms with E-state index >= 15 is 0 Å². The lowest BCUT2D eigenvalue weighted by Gasteiger charge is -2.18. The number of aromatic carboxylic acids is 1. The van der Waals surface area contributed by atoms with E-state index in [9.17, 15) is 4.79 Å². The van der Waals surface area contributed by atoms with Crippen LogP contribution >= 0.6 is 11.6 Å². The third-order valence-electron chi connectivity index (χ3n) is 4.57. The molecule has 0 aliphatic carbocycles. The monoisotopic (exact) mass is 348 g/mol. The quantitative estimate of drug-likeness (QED) is 0.910. The zero-order valence-electron chi connectivity index (χ0n) is 13.0. The summed E-state index contributed by atoms with van der Waals surface area (Å²) in [6.07, 6.45) is 3.31. The Bertz CT molecular complexity index is 792. The molecule has 2 aliphatic rings. The number of hydrogen-bond donors (Lipinski definition) is 1. The molecule has 4 rings (SSSR count). The Balaban J connectivity index is 1.47. The molecule has 2 aromatic rings. The van der Waals surface area contributed by atoms with Crippen LogP contribution in [0.1, 0.15) is 34.1 Å². The number of benzene rings is 1. The molecule has 1 saturated heterocycles. The van der Waals surface area contributed by atoms with E-state index in [1.807, 2.05) is 12.1 Å². The lowest BCUT2D eigenvalue weighted by Crippen LogP contribution is -2.21. The van der Waals surface area contributed by atoms with Gasteiger partial charge in [-0.05, 0) is 24.1 Å². The molecule has 1 aromatic carbocycles. The molecule has 0 radical (unpaired) electrons. The van der Waals surface area contributed by atoms with Crippen LogP contribution in [0.5, 0.6) is 5.75 Å². The second-order valence-corrected chi connectivity index (χ2v) is 6.65. The zero-order chi connectivity index (χ0) is 16.7. The van der Waals surface area contributed by atoms with Gasteiger partial charge in [0, 0.05) is 36.6 Å². The molecule has 1 N–H and O–H groups in total. The van der Waals surface area contributed by atoms with Gasteiger partial charge in [-0.15, -0.1) is 5.10 Å². The van der Waals surface area contributed by atoms with Crippen LogP contribution in [0, 0.1) is 0 Å². The smallest absolute Gasteiger partial charge is 0.358 e. The van der Waals surface area contributed by atoms with Gasteiger partial charge in [-0.25, -0.2) is 9.48 Å². The number of likely N-dealkylation sites (tertiary alicyclic amines) is 1. The molecule has 1 atom stereocenters. The predicted octanol–water partition coefficient (Wildman–Crippen LogP) is 2.01. The van der Waals surface area contributed by atoms with Crippen LogP contribution in [-0.4, -0.2) is 50.7 Å². The Morgan fingerprint density at radius 3 is 3.12 bits per heavy atom. The van der Waals surface area contributed by atoms with Crippen molar-refractivity contribution in [3.8, 4) is 5.75 Å². The normalized spacial score (nSPS) is 20.1. The average Bonchev–Trinajstić information content (AvgIpc) is 3.26. The SMILES string of the molecule is O=C(O)c1cn(C2CCN(Cc3cc(Cl)cc4c3OCC4)C2)nn1. The molecule has 1 fully saturated rings. The number of carbonyl (C=O) groups is 1. The van der Waals surface area contributed by atoms with Crippen molar-refractivity contribution in [1.82, 2.24) is 19.9 Å². The predicted molar refractivity (Wildman–Crippen MR) is 86.6 cm³/mol. The van der Waals surface area contributed by atoms with E-state index in [-0.39, 0.29) is 11.7 Å². The fourth-order valence-corrected chi connectivity index (χ4v) is 3.69. The second-order valence-electron chi connectivity index (χ2n) is 6.22. The third-order valence-corrected chi connectivity index (χ3v) is 4.79.